The Morgan fingerprint density at radius 1 is 0.935 bits per heavy atom. The molecule has 3 aromatic carbocycles. The molecule has 0 aliphatic carbocycles. The molecule has 4 rings (SSSR count). The van der Waals surface area contributed by atoms with Gasteiger partial charge in [0.15, 0.2) is 5.16 Å². The van der Waals surface area contributed by atoms with Gasteiger partial charge in [-0.2, -0.15) is 0 Å². The minimum Gasteiger partial charge on any atom is -0.497 e. The maximum atomic E-state index is 13.3. The van der Waals surface area contributed by atoms with Crippen LogP contribution in [0.4, 0.5) is 0 Å². The van der Waals surface area contributed by atoms with E-state index in [0.717, 1.165) is 17.2 Å². The van der Waals surface area contributed by atoms with Gasteiger partial charge < -0.3 is 4.74 Å². The van der Waals surface area contributed by atoms with Crippen molar-refractivity contribution in [2.75, 3.05) is 7.11 Å². The maximum Gasteiger partial charge on any atom is 0.266 e. The lowest BCUT2D eigenvalue weighted by molar-refractivity contribution is 0.414. The zero-order chi connectivity index (χ0) is 22.0. The Bertz CT molecular complexity index is 1250. The molecule has 0 aliphatic heterocycles. The summed E-state index contributed by atoms with van der Waals surface area (Å²) in [6.07, 6.45) is 0. The second-order valence-corrected chi connectivity index (χ2v) is 9.43. The molecule has 4 aromatic rings. The molecule has 0 radical (unpaired) electrons. The summed E-state index contributed by atoms with van der Waals surface area (Å²) in [6.45, 7) is 6.63. The summed E-state index contributed by atoms with van der Waals surface area (Å²) in [6, 6.07) is 23.7. The van der Waals surface area contributed by atoms with Crippen molar-refractivity contribution in [3.05, 3.63) is 94.3 Å². The zero-order valence-corrected chi connectivity index (χ0v) is 19.1. The van der Waals surface area contributed by atoms with Crippen LogP contribution in [0.2, 0.25) is 0 Å². The molecular weight excluding hydrogens is 404 g/mol. The fourth-order valence-corrected chi connectivity index (χ4v) is 4.39. The van der Waals surface area contributed by atoms with Gasteiger partial charge in [-0.05, 0) is 52.9 Å². The van der Waals surface area contributed by atoms with Crippen LogP contribution in [0.5, 0.6) is 5.75 Å². The number of hydrogen-bond donors (Lipinski definition) is 0. The molecule has 0 fully saturated rings. The minimum absolute atomic E-state index is 0.0682. The van der Waals surface area contributed by atoms with Crippen molar-refractivity contribution in [1.29, 1.82) is 0 Å². The number of hydrogen-bond acceptors (Lipinski definition) is 4. The second-order valence-electron chi connectivity index (χ2n) is 8.49. The normalized spacial score (nSPS) is 11.6. The number of methoxy groups -OCH3 is 1. The Morgan fingerprint density at radius 3 is 2.26 bits per heavy atom. The smallest absolute Gasteiger partial charge is 0.266 e. The van der Waals surface area contributed by atoms with Crippen molar-refractivity contribution in [1.82, 2.24) is 9.55 Å². The summed E-state index contributed by atoms with van der Waals surface area (Å²) in [5.74, 6) is 1.48. The van der Waals surface area contributed by atoms with Gasteiger partial charge in [0.25, 0.3) is 5.56 Å². The van der Waals surface area contributed by atoms with Crippen molar-refractivity contribution in [3.8, 4) is 11.4 Å². The lowest BCUT2D eigenvalue weighted by atomic mass is 9.87. The molecule has 0 amide bonds. The molecule has 0 unspecified atom stereocenters. The van der Waals surface area contributed by atoms with Gasteiger partial charge in [0, 0.05) is 5.75 Å². The number of nitrogens with zero attached hydrogens (tertiary/aromatic N) is 2. The van der Waals surface area contributed by atoms with Crippen LogP contribution in [0, 0.1) is 0 Å². The maximum absolute atomic E-state index is 13.3. The number of aromatic nitrogens is 2. The molecule has 31 heavy (non-hydrogen) atoms. The van der Waals surface area contributed by atoms with Gasteiger partial charge in [-0.1, -0.05) is 68.9 Å². The molecule has 0 saturated heterocycles. The van der Waals surface area contributed by atoms with Crippen LogP contribution in [0.1, 0.15) is 31.9 Å². The van der Waals surface area contributed by atoms with Crippen LogP contribution in [-0.2, 0) is 11.2 Å². The first-order valence-corrected chi connectivity index (χ1v) is 11.2. The number of rotatable bonds is 5. The van der Waals surface area contributed by atoms with Crippen molar-refractivity contribution in [2.45, 2.75) is 37.1 Å². The first kappa shape index (κ1) is 21.2. The third-order valence-electron chi connectivity index (χ3n) is 5.26. The molecule has 0 saturated carbocycles. The molecule has 5 heteroatoms. The number of para-hydroxylation sites is 1. The monoisotopic (exact) mass is 430 g/mol. The van der Waals surface area contributed by atoms with Crippen molar-refractivity contribution >= 4 is 22.7 Å². The molecule has 4 nitrogen and oxygen atoms in total. The fraction of sp³-hybridized carbons (Fsp3) is 0.231. The second kappa shape index (κ2) is 8.60. The van der Waals surface area contributed by atoms with Crippen molar-refractivity contribution < 1.29 is 4.74 Å². The summed E-state index contributed by atoms with van der Waals surface area (Å²) >= 11 is 1.57. The average Bonchev–Trinajstić information content (AvgIpc) is 2.78. The first-order chi connectivity index (χ1) is 14.9. The van der Waals surface area contributed by atoms with E-state index < -0.39 is 0 Å². The summed E-state index contributed by atoms with van der Waals surface area (Å²) in [5, 5.41) is 1.28. The molecular formula is C26H26N2O2S. The van der Waals surface area contributed by atoms with Gasteiger partial charge in [-0.3, -0.25) is 9.36 Å². The van der Waals surface area contributed by atoms with Gasteiger partial charge in [-0.25, -0.2) is 4.98 Å². The molecule has 158 valence electrons. The molecule has 0 spiro atoms. The Labute approximate surface area is 186 Å². The van der Waals surface area contributed by atoms with Crippen LogP contribution in [-0.4, -0.2) is 16.7 Å². The molecule has 0 N–H and O–H groups in total. The van der Waals surface area contributed by atoms with Crippen LogP contribution < -0.4 is 10.3 Å². The molecule has 1 heterocycles. The average molecular weight is 431 g/mol. The standard InChI is InChI=1S/C26H26N2O2S/c1-26(2,3)19-11-9-18(10-12-19)17-31-25-27-23-8-6-5-7-22(23)24(29)28(25)20-13-15-21(30-4)16-14-20/h5-16H,17H2,1-4H3. The number of benzene rings is 3. The van der Waals surface area contributed by atoms with E-state index in [1.807, 2.05) is 48.5 Å². The van der Waals surface area contributed by atoms with Crippen molar-refractivity contribution in [3.63, 3.8) is 0 Å². The van der Waals surface area contributed by atoms with E-state index in [2.05, 4.69) is 45.0 Å². The van der Waals surface area contributed by atoms with E-state index in [0.29, 0.717) is 16.1 Å². The van der Waals surface area contributed by atoms with E-state index >= 15 is 0 Å². The number of ether oxygens (including phenoxy) is 1. The Hall–Kier alpha value is -3.05. The van der Waals surface area contributed by atoms with Crippen LogP contribution in [0.3, 0.4) is 0 Å². The van der Waals surface area contributed by atoms with Crippen molar-refractivity contribution in [2.24, 2.45) is 0 Å². The highest BCUT2D eigenvalue weighted by molar-refractivity contribution is 7.98. The van der Waals surface area contributed by atoms with Gasteiger partial charge in [-0.15, -0.1) is 0 Å². The zero-order valence-electron chi connectivity index (χ0n) is 18.3. The van der Waals surface area contributed by atoms with Crippen LogP contribution >= 0.6 is 11.8 Å². The lowest BCUT2D eigenvalue weighted by Crippen LogP contribution is -2.21. The fourth-order valence-electron chi connectivity index (χ4n) is 3.42. The van der Waals surface area contributed by atoms with Gasteiger partial charge in [0.1, 0.15) is 5.75 Å². The van der Waals surface area contributed by atoms with Gasteiger partial charge >= 0.3 is 0 Å². The highest BCUT2D eigenvalue weighted by Crippen LogP contribution is 2.27. The van der Waals surface area contributed by atoms with E-state index in [4.69, 9.17) is 9.72 Å². The Kier molecular flexibility index (Phi) is 5.88. The molecule has 0 atom stereocenters. The van der Waals surface area contributed by atoms with E-state index in [9.17, 15) is 4.79 Å². The summed E-state index contributed by atoms with van der Waals surface area (Å²) in [5.41, 5.74) is 4.04. The van der Waals surface area contributed by atoms with E-state index in [1.54, 1.807) is 23.4 Å². The third-order valence-corrected chi connectivity index (χ3v) is 6.27. The summed E-state index contributed by atoms with van der Waals surface area (Å²) in [7, 11) is 1.63. The largest absolute Gasteiger partial charge is 0.497 e. The summed E-state index contributed by atoms with van der Waals surface area (Å²) in [4.78, 5) is 18.2. The number of thioether (sulfide) groups is 1. The van der Waals surface area contributed by atoms with E-state index in [1.165, 1.54) is 11.1 Å². The van der Waals surface area contributed by atoms with Gasteiger partial charge in [0.05, 0.1) is 23.7 Å². The van der Waals surface area contributed by atoms with Crippen LogP contribution in [0.15, 0.2) is 82.7 Å². The quantitative estimate of drug-likeness (QED) is 0.288. The van der Waals surface area contributed by atoms with Gasteiger partial charge in [0.2, 0.25) is 0 Å². The molecule has 0 aliphatic rings. The third kappa shape index (κ3) is 4.52. The Morgan fingerprint density at radius 2 is 1.61 bits per heavy atom. The molecule has 1 aromatic heterocycles. The topological polar surface area (TPSA) is 44.1 Å². The lowest BCUT2D eigenvalue weighted by Gasteiger charge is -2.19. The highest BCUT2D eigenvalue weighted by atomic mass is 32.2. The summed E-state index contributed by atoms with van der Waals surface area (Å²) < 4.78 is 6.96. The SMILES string of the molecule is COc1ccc(-n2c(SCc3ccc(C(C)(C)C)cc3)nc3ccccc3c2=O)cc1. The number of fused-ring (bicyclic) bond motifs is 1. The highest BCUT2D eigenvalue weighted by Gasteiger charge is 2.15. The van der Waals surface area contributed by atoms with E-state index in [-0.39, 0.29) is 11.0 Å². The predicted molar refractivity (Wildman–Crippen MR) is 129 cm³/mol. The minimum atomic E-state index is -0.0682. The molecule has 0 bridgehead atoms. The Balaban J connectivity index is 1.72. The van der Waals surface area contributed by atoms with Crippen LogP contribution in [0.25, 0.3) is 16.6 Å². The first-order valence-electron chi connectivity index (χ1n) is 10.3. The predicted octanol–water partition coefficient (Wildman–Crippen LogP) is 5.98.